The second-order valence-electron chi connectivity index (χ2n) is 3.58. The van der Waals surface area contributed by atoms with Crippen LogP contribution < -0.4 is 0 Å². The molecule has 0 aliphatic rings. The summed E-state index contributed by atoms with van der Waals surface area (Å²) in [5.74, 6) is 4.44. The van der Waals surface area contributed by atoms with Gasteiger partial charge in [0.1, 0.15) is 11.5 Å². The summed E-state index contributed by atoms with van der Waals surface area (Å²) in [6.45, 7) is 3.97. The second-order valence-corrected chi connectivity index (χ2v) is 3.58. The number of hydrogen-bond acceptors (Lipinski definition) is 1. The maximum absolute atomic E-state index is 5.57. The molecule has 0 saturated heterocycles. The van der Waals surface area contributed by atoms with Gasteiger partial charge in [0.25, 0.3) is 0 Å². The monoisotopic (exact) mass is 196 g/mol. The van der Waals surface area contributed by atoms with Crippen molar-refractivity contribution in [3.63, 3.8) is 0 Å². The Hall–Kier alpha value is -1.94. The van der Waals surface area contributed by atoms with Crippen molar-refractivity contribution >= 4 is 0 Å². The highest BCUT2D eigenvalue weighted by Crippen LogP contribution is 2.25. The highest BCUT2D eigenvalue weighted by molar-refractivity contribution is 5.63. The van der Waals surface area contributed by atoms with E-state index in [4.69, 9.17) is 10.8 Å². The Labute approximate surface area is 89.7 Å². The second kappa shape index (κ2) is 3.67. The highest BCUT2D eigenvalue weighted by atomic mass is 16.3. The molecule has 2 rings (SSSR count). The number of aryl methyl sites for hydroxylation is 2. The first kappa shape index (κ1) is 9.61. The summed E-state index contributed by atoms with van der Waals surface area (Å²) in [6.07, 6.45) is 5.34. The van der Waals surface area contributed by atoms with Gasteiger partial charge in [-0.3, -0.25) is 0 Å². The lowest BCUT2D eigenvalue weighted by Gasteiger charge is -2.02. The van der Waals surface area contributed by atoms with Crippen LogP contribution >= 0.6 is 0 Å². The topological polar surface area (TPSA) is 13.1 Å². The molecule has 15 heavy (non-hydrogen) atoms. The lowest BCUT2D eigenvalue weighted by molar-refractivity contribution is 0.548. The molecule has 1 aromatic heterocycles. The first-order chi connectivity index (χ1) is 7.20. The summed E-state index contributed by atoms with van der Waals surface area (Å²) in [5, 5.41) is 0. The molecule has 0 unspecified atom stereocenters. The minimum absolute atomic E-state index is 0.897. The minimum atomic E-state index is 0.897. The van der Waals surface area contributed by atoms with Gasteiger partial charge in [-0.15, -0.1) is 6.42 Å². The molecule has 2 aromatic rings. The van der Waals surface area contributed by atoms with Gasteiger partial charge in [-0.05, 0) is 49.7 Å². The maximum Gasteiger partial charge on any atom is 0.134 e. The number of benzene rings is 1. The van der Waals surface area contributed by atoms with Crippen LogP contribution in [0.15, 0.2) is 34.7 Å². The normalized spacial score (nSPS) is 9.93. The van der Waals surface area contributed by atoms with Crippen LogP contribution in [0.4, 0.5) is 0 Å². The zero-order chi connectivity index (χ0) is 10.8. The third kappa shape index (κ3) is 1.80. The molecular formula is C14H12O. The van der Waals surface area contributed by atoms with E-state index in [9.17, 15) is 0 Å². The fourth-order valence-corrected chi connectivity index (χ4v) is 1.61. The summed E-state index contributed by atoms with van der Waals surface area (Å²) in [4.78, 5) is 0. The molecule has 0 spiro atoms. The van der Waals surface area contributed by atoms with E-state index < -0.39 is 0 Å². The van der Waals surface area contributed by atoms with Crippen molar-refractivity contribution in [2.75, 3.05) is 0 Å². The number of furan rings is 1. The fraction of sp³-hybridized carbons (Fsp3) is 0.143. The van der Waals surface area contributed by atoms with Crippen molar-refractivity contribution in [3.05, 3.63) is 47.2 Å². The molecule has 0 atom stereocenters. The summed E-state index contributed by atoms with van der Waals surface area (Å²) < 4.78 is 5.57. The van der Waals surface area contributed by atoms with Crippen LogP contribution in [0.5, 0.6) is 0 Å². The van der Waals surface area contributed by atoms with Crippen LogP contribution in [0.2, 0.25) is 0 Å². The summed E-state index contributed by atoms with van der Waals surface area (Å²) >= 11 is 0. The molecular weight excluding hydrogens is 184 g/mol. The van der Waals surface area contributed by atoms with Crippen LogP contribution in [0, 0.1) is 26.2 Å². The van der Waals surface area contributed by atoms with Gasteiger partial charge in [0.15, 0.2) is 0 Å². The third-order valence-electron chi connectivity index (χ3n) is 2.40. The molecule has 0 amide bonds. The molecule has 1 nitrogen and oxygen atoms in total. The summed E-state index contributed by atoms with van der Waals surface area (Å²) in [5.41, 5.74) is 3.14. The van der Waals surface area contributed by atoms with Gasteiger partial charge >= 0.3 is 0 Å². The number of terminal acetylenes is 1. The van der Waals surface area contributed by atoms with Crippen molar-refractivity contribution < 1.29 is 4.42 Å². The molecule has 0 aliphatic carbocycles. The Morgan fingerprint density at radius 3 is 2.47 bits per heavy atom. The number of rotatable bonds is 1. The molecule has 0 saturated carbocycles. The Morgan fingerprint density at radius 2 is 1.93 bits per heavy atom. The predicted molar refractivity (Wildman–Crippen MR) is 61.6 cm³/mol. The molecule has 1 heteroatoms. The molecule has 1 aromatic carbocycles. The van der Waals surface area contributed by atoms with Gasteiger partial charge in [0, 0.05) is 11.1 Å². The zero-order valence-electron chi connectivity index (χ0n) is 8.87. The molecule has 1 heterocycles. The minimum Gasteiger partial charge on any atom is -0.461 e. The summed E-state index contributed by atoms with van der Waals surface area (Å²) in [6, 6.07) is 9.87. The SMILES string of the molecule is C#Cc1ccc(-c2ccc(C)o2)c(C)c1. The van der Waals surface area contributed by atoms with E-state index in [2.05, 4.69) is 5.92 Å². The fourth-order valence-electron chi connectivity index (χ4n) is 1.61. The van der Waals surface area contributed by atoms with E-state index in [1.54, 1.807) is 0 Å². The lowest BCUT2D eigenvalue weighted by atomic mass is 10.0. The molecule has 0 bridgehead atoms. The lowest BCUT2D eigenvalue weighted by Crippen LogP contribution is -1.83. The van der Waals surface area contributed by atoms with Crippen LogP contribution in [0.1, 0.15) is 16.9 Å². The smallest absolute Gasteiger partial charge is 0.134 e. The molecule has 0 radical (unpaired) electrons. The van der Waals surface area contributed by atoms with Crippen molar-refractivity contribution in [3.8, 4) is 23.7 Å². The first-order valence-electron chi connectivity index (χ1n) is 4.85. The highest BCUT2D eigenvalue weighted by Gasteiger charge is 2.05. The quantitative estimate of drug-likeness (QED) is 0.636. The van der Waals surface area contributed by atoms with Gasteiger partial charge in [0.05, 0.1) is 0 Å². The maximum atomic E-state index is 5.57. The van der Waals surface area contributed by atoms with Gasteiger partial charge in [-0.1, -0.05) is 5.92 Å². The van der Waals surface area contributed by atoms with Crippen LogP contribution in [0.3, 0.4) is 0 Å². The largest absolute Gasteiger partial charge is 0.461 e. The van der Waals surface area contributed by atoms with E-state index in [-0.39, 0.29) is 0 Å². The number of hydrogen-bond donors (Lipinski definition) is 0. The first-order valence-corrected chi connectivity index (χ1v) is 4.85. The van der Waals surface area contributed by atoms with Crippen LogP contribution in [0.25, 0.3) is 11.3 Å². The summed E-state index contributed by atoms with van der Waals surface area (Å²) in [7, 11) is 0. The van der Waals surface area contributed by atoms with Crippen molar-refractivity contribution in [2.45, 2.75) is 13.8 Å². The predicted octanol–water partition coefficient (Wildman–Crippen LogP) is 3.54. The average molecular weight is 196 g/mol. The van der Waals surface area contributed by atoms with Gasteiger partial charge in [-0.25, -0.2) is 0 Å². The third-order valence-corrected chi connectivity index (χ3v) is 2.40. The Balaban J connectivity index is 2.51. The Bertz CT molecular complexity index is 527. The van der Waals surface area contributed by atoms with Gasteiger partial charge in [0.2, 0.25) is 0 Å². The molecule has 0 N–H and O–H groups in total. The van der Waals surface area contributed by atoms with E-state index in [1.165, 1.54) is 0 Å². The van der Waals surface area contributed by atoms with E-state index in [0.717, 1.165) is 28.2 Å². The van der Waals surface area contributed by atoms with Gasteiger partial charge in [-0.2, -0.15) is 0 Å². The van der Waals surface area contributed by atoms with Crippen LogP contribution in [-0.2, 0) is 0 Å². The van der Waals surface area contributed by atoms with Crippen molar-refractivity contribution in [1.82, 2.24) is 0 Å². The molecule has 74 valence electrons. The van der Waals surface area contributed by atoms with Crippen molar-refractivity contribution in [1.29, 1.82) is 0 Å². The standard InChI is InChI=1S/C14H12O/c1-4-12-6-7-13(10(2)9-12)14-8-5-11(3)15-14/h1,5-9H,2-3H3. The van der Waals surface area contributed by atoms with E-state index in [0.29, 0.717) is 0 Å². The Kier molecular flexibility index (Phi) is 2.35. The average Bonchev–Trinajstić information content (AvgIpc) is 2.64. The molecule has 0 fully saturated rings. The van der Waals surface area contributed by atoms with Crippen LogP contribution in [-0.4, -0.2) is 0 Å². The van der Waals surface area contributed by atoms with E-state index >= 15 is 0 Å². The van der Waals surface area contributed by atoms with Gasteiger partial charge < -0.3 is 4.42 Å². The van der Waals surface area contributed by atoms with E-state index in [1.807, 2.05) is 44.2 Å². The Morgan fingerprint density at radius 1 is 1.13 bits per heavy atom. The van der Waals surface area contributed by atoms with Crippen molar-refractivity contribution in [2.24, 2.45) is 0 Å². The molecule has 0 aliphatic heterocycles. The zero-order valence-corrected chi connectivity index (χ0v) is 8.87.